The average Bonchev–Trinajstić information content (AvgIpc) is 3.50. The number of ether oxygens (including phenoxy) is 1. The lowest BCUT2D eigenvalue weighted by Crippen LogP contribution is -2.32. The molecule has 0 aliphatic rings. The van der Waals surface area contributed by atoms with E-state index in [1.54, 1.807) is 43.6 Å². The number of hydrogen-bond donors (Lipinski definition) is 2. The molecule has 1 unspecified atom stereocenters. The van der Waals surface area contributed by atoms with Crippen molar-refractivity contribution >= 4 is 28.3 Å². The predicted octanol–water partition coefficient (Wildman–Crippen LogP) is 5.08. The molecule has 0 saturated heterocycles. The number of thiazole rings is 1. The molecule has 1 atom stereocenters. The largest absolute Gasteiger partial charge is 0.449 e. The topological polar surface area (TPSA) is 97.0 Å². The second-order valence-electron chi connectivity index (χ2n) is 7.21. The molecule has 2 aromatic heterocycles. The summed E-state index contributed by atoms with van der Waals surface area (Å²) in [4.78, 5) is 36.9. The molecule has 2 aromatic carbocycles. The van der Waals surface area contributed by atoms with E-state index in [9.17, 15) is 9.59 Å². The first kappa shape index (κ1) is 21.5. The molecule has 32 heavy (non-hydrogen) atoms. The summed E-state index contributed by atoms with van der Waals surface area (Å²) >= 11 is 1.33. The van der Waals surface area contributed by atoms with Gasteiger partial charge in [0.25, 0.3) is 5.91 Å². The first-order chi connectivity index (χ1) is 15.5. The Morgan fingerprint density at radius 2 is 1.81 bits per heavy atom. The van der Waals surface area contributed by atoms with Gasteiger partial charge >= 0.3 is 5.97 Å². The van der Waals surface area contributed by atoms with E-state index in [2.05, 4.69) is 20.3 Å². The van der Waals surface area contributed by atoms with Crippen LogP contribution >= 0.6 is 11.3 Å². The molecular formula is C24H22N4O3S. The van der Waals surface area contributed by atoms with Crippen LogP contribution in [0.4, 0.5) is 5.13 Å². The summed E-state index contributed by atoms with van der Waals surface area (Å²) in [6.45, 7) is 3.81. The third kappa shape index (κ3) is 4.92. The molecule has 162 valence electrons. The van der Waals surface area contributed by atoms with Crippen molar-refractivity contribution in [3.63, 3.8) is 0 Å². The number of carbonyl (C=O) groups excluding carboxylic acids is 2. The highest BCUT2D eigenvalue weighted by Crippen LogP contribution is 2.25. The van der Waals surface area contributed by atoms with Gasteiger partial charge in [-0.05, 0) is 25.5 Å². The van der Waals surface area contributed by atoms with Crippen LogP contribution in [0.1, 0.15) is 29.3 Å². The van der Waals surface area contributed by atoms with Crippen LogP contribution in [0.25, 0.3) is 22.6 Å². The Morgan fingerprint density at radius 3 is 2.47 bits per heavy atom. The van der Waals surface area contributed by atoms with Crippen LogP contribution in [0.3, 0.4) is 0 Å². The SMILES string of the molecule is CCC(OC(=O)c1ccc(-c2ncc[nH]2)cc1)C(=O)Nc1nc(-c2ccc(C)cc2)cs1. The van der Waals surface area contributed by atoms with Gasteiger partial charge in [-0.25, -0.2) is 14.8 Å². The third-order valence-electron chi connectivity index (χ3n) is 4.89. The number of anilines is 1. The van der Waals surface area contributed by atoms with Crippen molar-refractivity contribution in [2.24, 2.45) is 0 Å². The number of esters is 1. The fraction of sp³-hybridized carbons (Fsp3) is 0.167. The number of rotatable bonds is 7. The van der Waals surface area contributed by atoms with Gasteiger partial charge in [-0.2, -0.15) is 0 Å². The predicted molar refractivity (Wildman–Crippen MR) is 124 cm³/mol. The number of aryl methyl sites for hydroxylation is 1. The van der Waals surface area contributed by atoms with E-state index in [1.807, 2.05) is 36.6 Å². The quantitative estimate of drug-likeness (QED) is 0.386. The Kier molecular flexibility index (Phi) is 6.42. The highest BCUT2D eigenvalue weighted by molar-refractivity contribution is 7.14. The molecule has 4 rings (SSSR count). The van der Waals surface area contributed by atoms with Gasteiger partial charge in [0, 0.05) is 28.9 Å². The summed E-state index contributed by atoms with van der Waals surface area (Å²) in [6.07, 6.45) is 2.82. The Hall–Kier alpha value is -3.78. The maximum absolute atomic E-state index is 12.7. The van der Waals surface area contributed by atoms with E-state index < -0.39 is 18.0 Å². The zero-order valence-electron chi connectivity index (χ0n) is 17.7. The number of nitrogens with one attached hydrogen (secondary N) is 2. The molecule has 7 nitrogen and oxygen atoms in total. The molecule has 0 aliphatic heterocycles. The minimum absolute atomic E-state index is 0.345. The van der Waals surface area contributed by atoms with E-state index in [-0.39, 0.29) is 0 Å². The molecule has 0 saturated carbocycles. The number of H-pyrrole nitrogens is 1. The molecular weight excluding hydrogens is 424 g/mol. The zero-order chi connectivity index (χ0) is 22.5. The van der Waals surface area contributed by atoms with Crippen LogP contribution in [0, 0.1) is 6.92 Å². The van der Waals surface area contributed by atoms with Crippen LogP contribution in [-0.4, -0.2) is 32.9 Å². The van der Waals surface area contributed by atoms with Crippen LogP contribution < -0.4 is 5.32 Å². The summed E-state index contributed by atoms with van der Waals surface area (Å²) in [5.41, 5.74) is 4.14. The summed E-state index contributed by atoms with van der Waals surface area (Å²) < 4.78 is 5.46. The van der Waals surface area contributed by atoms with Crippen molar-refractivity contribution in [2.45, 2.75) is 26.4 Å². The van der Waals surface area contributed by atoms with Gasteiger partial charge in [-0.1, -0.05) is 48.9 Å². The normalized spacial score (nSPS) is 11.7. The minimum Gasteiger partial charge on any atom is -0.449 e. The molecule has 0 bridgehead atoms. The second kappa shape index (κ2) is 9.57. The van der Waals surface area contributed by atoms with Gasteiger partial charge in [0.1, 0.15) is 5.82 Å². The molecule has 0 fully saturated rings. The van der Waals surface area contributed by atoms with E-state index in [0.29, 0.717) is 22.9 Å². The molecule has 0 spiro atoms. The second-order valence-corrected chi connectivity index (χ2v) is 8.07. The number of benzene rings is 2. The van der Waals surface area contributed by atoms with Gasteiger partial charge in [-0.15, -0.1) is 11.3 Å². The zero-order valence-corrected chi connectivity index (χ0v) is 18.5. The van der Waals surface area contributed by atoms with Gasteiger partial charge in [0.05, 0.1) is 11.3 Å². The Balaban J connectivity index is 1.38. The monoisotopic (exact) mass is 446 g/mol. The van der Waals surface area contributed by atoms with Gasteiger partial charge in [-0.3, -0.25) is 10.1 Å². The molecule has 2 heterocycles. The summed E-state index contributed by atoms with van der Waals surface area (Å²) in [5.74, 6) is -0.250. The number of imidazole rings is 1. The molecule has 0 aliphatic carbocycles. The fourth-order valence-electron chi connectivity index (χ4n) is 3.08. The molecule has 4 aromatic rings. The highest BCUT2D eigenvalue weighted by Gasteiger charge is 2.23. The van der Waals surface area contributed by atoms with Crippen LogP contribution in [0.2, 0.25) is 0 Å². The van der Waals surface area contributed by atoms with Crippen molar-refractivity contribution in [3.05, 3.63) is 77.4 Å². The number of carbonyl (C=O) groups is 2. The van der Waals surface area contributed by atoms with Crippen LogP contribution in [0.5, 0.6) is 0 Å². The molecule has 2 N–H and O–H groups in total. The van der Waals surface area contributed by atoms with Crippen molar-refractivity contribution in [2.75, 3.05) is 5.32 Å². The minimum atomic E-state index is -0.918. The van der Waals surface area contributed by atoms with Crippen molar-refractivity contribution < 1.29 is 14.3 Å². The standard InChI is InChI=1S/C24H22N4O3S/c1-3-20(31-23(30)18-10-8-17(9-11-18)21-25-12-13-26-21)22(29)28-24-27-19(14-32-24)16-6-4-15(2)5-7-16/h4-14,20H,3H2,1-2H3,(H,25,26)(H,27,28,29). The fourth-order valence-corrected chi connectivity index (χ4v) is 3.80. The van der Waals surface area contributed by atoms with Crippen LogP contribution in [-0.2, 0) is 9.53 Å². The van der Waals surface area contributed by atoms with Gasteiger partial charge < -0.3 is 9.72 Å². The van der Waals surface area contributed by atoms with E-state index >= 15 is 0 Å². The Labute approximate surface area is 189 Å². The van der Waals surface area contributed by atoms with E-state index in [0.717, 1.165) is 16.8 Å². The first-order valence-electron chi connectivity index (χ1n) is 10.2. The lowest BCUT2D eigenvalue weighted by molar-refractivity contribution is -0.124. The van der Waals surface area contributed by atoms with Crippen LogP contribution in [0.15, 0.2) is 66.3 Å². The van der Waals surface area contributed by atoms with Crippen molar-refractivity contribution in [1.82, 2.24) is 15.0 Å². The number of aromatic amines is 1. The average molecular weight is 447 g/mol. The van der Waals surface area contributed by atoms with Gasteiger partial charge in [0.15, 0.2) is 11.2 Å². The third-order valence-corrected chi connectivity index (χ3v) is 5.64. The molecule has 8 heteroatoms. The Morgan fingerprint density at radius 1 is 1.09 bits per heavy atom. The number of hydrogen-bond acceptors (Lipinski definition) is 6. The summed E-state index contributed by atoms with van der Waals surface area (Å²) in [6, 6.07) is 14.9. The van der Waals surface area contributed by atoms with Crippen molar-refractivity contribution in [3.8, 4) is 22.6 Å². The summed E-state index contributed by atoms with van der Waals surface area (Å²) in [7, 11) is 0. The smallest absolute Gasteiger partial charge is 0.338 e. The maximum Gasteiger partial charge on any atom is 0.338 e. The molecule has 0 radical (unpaired) electrons. The number of aromatic nitrogens is 3. The Bertz CT molecular complexity index is 1200. The van der Waals surface area contributed by atoms with Crippen molar-refractivity contribution in [1.29, 1.82) is 0 Å². The summed E-state index contributed by atoms with van der Waals surface area (Å²) in [5, 5.41) is 5.10. The van der Waals surface area contributed by atoms with E-state index in [1.165, 1.54) is 16.9 Å². The van der Waals surface area contributed by atoms with Gasteiger partial charge in [0.2, 0.25) is 0 Å². The maximum atomic E-state index is 12.7. The lowest BCUT2D eigenvalue weighted by Gasteiger charge is -2.15. The van der Waals surface area contributed by atoms with E-state index in [4.69, 9.17) is 4.74 Å². The number of amides is 1. The lowest BCUT2D eigenvalue weighted by atomic mass is 10.1. The highest BCUT2D eigenvalue weighted by atomic mass is 32.1. The molecule has 1 amide bonds. The number of nitrogens with zero attached hydrogens (tertiary/aromatic N) is 2. The first-order valence-corrected chi connectivity index (χ1v) is 11.1.